The van der Waals surface area contributed by atoms with Crippen LogP contribution >= 0.6 is 0 Å². The Morgan fingerprint density at radius 2 is 1.90 bits per heavy atom. The Labute approximate surface area is 119 Å². The van der Waals surface area contributed by atoms with Crippen LogP contribution in [0.25, 0.3) is 0 Å². The van der Waals surface area contributed by atoms with Crippen LogP contribution in [0, 0.1) is 6.92 Å². The first-order valence-electron chi connectivity index (χ1n) is 6.76. The summed E-state index contributed by atoms with van der Waals surface area (Å²) in [6.45, 7) is 8.32. The number of carbonyl (C=O) groups is 1. The van der Waals surface area contributed by atoms with E-state index in [2.05, 4.69) is 36.3 Å². The zero-order valence-electron chi connectivity index (χ0n) is 12.4. The fraction of sp³-hybridized carbons (Fsp3) is 0.375. The van der Waals surface area contributed by atoms with Crippen LogP contribution in [0.2, 0.25) is 0 Å². The lowest BCUT2D eigenvalue weighted by molar-refractivity contribution is -0.115. The largest absolute Gasteiger partial charge is 0.309 e. The van der Waals surface area contributed by atoms with Crippen LogP contribution < -0.4 is 5.32 Å². The number of carbonyl (C=O) groups excluding carboxylic acids is 1. The van der Waals surface area contributed by atoms with Crippen LogP contribution in [-0.2, 0) is 16.6 Å². The highest BCUT2D eigenvalue weighted by molar-refractivity contribution is 5.91. The van der Waals surface area contributed by atoms with Crippen LogP contribution in [-0.4, -0.2) is 16.1 Å². The van der Waals surface area contributed by atoms with E-state index in [1.165, 1.54) is 5.56 Å². The number of nitrogens with zero attached hydrogens (tertiary/aromatic N) is 1. The molecule has 0 radical (unpaired) electrons. The van der Waals surface area contributed by atoms with Crippen LogP contribution in [0.4, 0.5) is 5.82 Å². The average Bonchev–Trinajstić information content (AvgIpc) is 2.80. The number of aromatic nitrogens is 2. The van der Waals surface area contributed by atoms with Gasteiger partial charge in [0.2, 0.25) is 5.91 Å². The summed E-state index contributed by atoms with van der Waals surface area (Å²) in [4.78, 5) is 12.0. The van der Waals surface area contributed by atoms with Crippen molar-refractivity contribution < 1.29 is 4.79 Å². The number of rotatable bonds is 3. The summed E-state index contributed by atoms with van der Waals surface area (Å²) in [5.74, 6) is 0.521. The lowest BCUT2D eigenvalue weighted by Gasteiger charge is -2.14. The highest BCUT2D eigenvalue weighted by Crippen LogP contribution is 2.21. The highest BCUT2D eigenvalue weighted by Gasteiger charge is 2.17. The van der Waals surface area contributed by atoms with E-state index in [4.69, 9.17) is 0 Å². The molecule has 0 atom stereocenters. The number of amides is 1. The Morgan fingerprint density at radius 3 is 2.45 bits per heavy atom. The van der Waals surface area contributed by atoms with Crippen molar-refractivity contribution in [2.24, 2.45) is 0 Å². The SMILES string of the molecule is Cc1ccc(CC(=O)Nc2cc(C(C)(C)C)[nH]n2)cc1. The predicted octanol–water partition coefficient (Wildman–Crippen LogP) is 3.20. The summed E-state index contributed by atoms with van der Waals surface area (Å²) >= 11 is 0. The Kier molecular flexibility index (Phi) is 3.93. The van der Waals surface area contributed by atoms with Crippen molar-refractivity contribution in [2.75, 3.05) is 5.32 Å². The molecule has 0 saturated carbocycles. The minimum Gasteiger partial charge on any atom is -0.309 e. The van der Waals surface area contributed by atoms with E-state index in [0.29, 0.717) is 12.2 Å². The Balaban J connectivity index is 1.98. The first kappa shape index (κ1) is 14.3. The van der Waals surface area contributed by atoms with Crippen LogP contribution in [0.1, 0.15) is 37.6 Å². The van der Waals surface area contributed by atoms with Crippen molar-refractivity contribution >= 4 is 11.7 Å². The molecule has 2 N–H and O–H groups in total. The molecule has 0 aliphatic rings. The highest BCUT2D eigenvalue weighted by atomic mass is 16.1. The molecule has 1 aromatic carbocycles. The number of nitrogens with one attached hydrogen (secondary N) is 2. The molecule has 1 heterocycles. The first-order chi connectivity index (χ1) is 9.34. The molecule has 0 bridgehead atoms. The Morgan fingerprint density at radius 1 is 1.25 bits per heavy atom. The van der Waals surface area contributed by atoms with Crippen LogP contribution in [0.3, 0.4) is 0 Å². The van der Waals surface area contributed by atoms with E-state index in [0.717, 1.165) is 11.3 Å². The van der Waals surface area contributed by atoms with Gasteiger partial charge in [-0.25, -0.2) is 0 Å². The molecular weight excluding hydrogens is 250 g/mol. The zero-order valence-corrected chi connectivity index (χ0v) is 12.4. The summed E-state index contributed by atoms with van der Waals surface area (Å²) in [7, 11) is 0. The van der Waals surface area contributed by atoms with E-state index in [9.17, 15) is 4.79 Å². The molecule has 0 unspecified atom stereocenters. The molecule has 4 heteroatoms. The van der Waals surface area contributed by atoms with Gasteiger partial charge in [-0.2, -0.15) is 5.10 Å². The number of aromatic amines is 1. The fourth-order valence-corrected chi connectivity index (χ4v) is 1.85. The Bertz CT molecular complexity index is 591. The van der Waals surface area contributed by atoms with Crippen molar-refractivity contribution in [3.63, 3.8) is 0 Å². The third-order valence-electron chi connectivity index (χ3n) is 3.14. The van der Waals surface area contributed by atoms with Gasteiger partial charge in [0.25, 0.3) is 0 Å². The quantitative estimate of drug-likeness (QED) is 0.900. The fourth-order valence-electron chi connectivity index (χ4n) is 1.85. The van der Waals surface area contributed by atoms with Crippen molar-refractivity contribution in [1.82, 2.24) is 10.2 Å². The monoisotopic (exact) mass is 271 g/mol. The molecule has 0 aliphatic heterocycles. The molecule has 2 rings (SSSR count). The molecular formula is C16H21N3O. The van der Waals surface area contributed by atoms with Crippen molar-refractivity contribution in [3.05, 3.63) is 47.2 Å². The number of benzene rings is 1. The number of hydrogen-bond acceptors (Lipinski definition) is 2. The maximum Gasteiger partial charge on any atom is 0.229 e. The lowest BCUT2D eigenvalue weighted by atomic mass is 9.92. The normalized spacial score (nSPS) is 11.4. The maximum atomic E-state index is 12.0. The second kappa shape index (κ2) is 5.49. The molecule has 0 saturated heterocycles. The first-order valence-corrected chi connectivity index (χ1v) is 6.76. The van der Waals surface area contributed by atoms with Gasteiger partial charge in [0.1, 0.15) is 0 Å². The summed E-state index contributed by atoms with van der Waals surface area (Å²) < 4.78 is 0. The van der Waals surface area contributed by atoms with E-state index in [-0.39, 0.29) is 11.3 Å². The average molecular weight is 271 g/mol. The third-order valence-corrected chi connectivity index (χ3v) is 3.14. The van der Waals surface area contributed by atoms with Gasteiger partial charge in [-0.3, -0.25) is 9.89 Å². The molecule has 1 amide bonds. The number of anilines is 1. The molecule has 1 aromatic heterocycles. The molecule has 0 fully saturated rings. The maximum absolute atomic E-state index is 12.0. The van der Waals surface area contributed by atoms with Gasteiger partial charge < -0.3 is 5.32 Å². The minimum atomic E-state index is -0.0548. The Hall–Kier alpha value is -2.10. The van der Waals surface area contributed by atoms with Crippen molar-refractivity contribution in [2.45, 2.75) is 39.5 Å². The summed E-state index contributed by atoms with van der Waals surface area (Å²) in [5, 5.41) is 9.90. The molecule has 4 nitrogen and oxygen atoms in total. The van der Waals surface area contributed by atoms with Gasteiger partial charge in [-0.1, -0.05) is 50.6 Å². The molecule has 106 valence electrons. The standard InChI is InChI=1S/C16H21N3O/c1-11-5-7-12(8-6-11)9-15(20)17-14-10-13(18-19-14)16(2,3)4/h5-8,10H,9H2,1-4H3,(H2,17,18,19,20). The molecule has 20 heavy (non-hydrogen) atoms. The van der Waals surface area contributed by atoms with Gasteiger partial charge in [0, 0.05) is 17.2 Å². The smallest absolute Gasteiger partial charge is 0.229 e. The van der Waals surface area contributed by atoms with Crippen molar-refractivity contribution in [3.8, 4) is 0 Å². The summed E-state index contributed by atoms with van der Waals surface area (Å²) in [6, 6.07) is 9.84. The van der Waals surface area contributed by atoms with Gasteiger partial charge in [0.05, 0.1) is 6.42 Å². The molecule has 0 spiro atoms. The predicted molar refractivity (Wildman–Crippen MR) is 80.8 cm³/mol. The van der Waals surface area contributed by atoms with E-state index in [1.807, 2.05) is 37.3 Å². The van der Waals surface area contributed by atoms with Gasteiger partial charge in [-0.05, 0) is 12.5 Å². The zero-order chi connectivity index (χ0) is 14.8. The topological polar surface area (TPSA) is 57.8 Å². The second-order valence-electron chi connectivity index (χ2n) is 6.13. The minimum absolute atomic E-state index is 0.00701. The number of aryl methyl sites for hydroxylation is 1. The number of hydrogen-bond donors (Lipinski definition) is 2. The van der Waals surface area contributed by atoms with E-state index < -0.39 is 0 Å². The second-order valence-corrected chi connectivity index (χ2v) is 6.13. The number of H-pyrrole nitrogens is 1. The van der Waals surface area contributed by atoms with Gasteiger partial charge in [0.15, 0.2) is 5.82 Å². The van der Waals surface area contributed by atoms with Crippen LogP contribution in [0.15, 0.2) is 30.3 Å². The lowest BCUT2D eigenvalue weighted by Crippen LogP contribution is -2.14. The molecule has 2 aromatic rings. The van der Waals surface area contributed by atoms with Gasteiger partial charge in [-0.15, -0.1) is 0 Å². The van der Waals surface area contributed by atoms with E-state index in [1.54, 1.807) is 0 Å². The third kappa shape index (κ3) is 3.70. The van der Waals surface area contributed by atoms with Gasteiger partial charge >= 0.3 is 0 Å². The van der Waals surface area contributed by atoms with Crippen LogP contribution in [0.5, 0.6) is 0 Å². The molecule has 0 aliphatic carbocycles. The summed E-state index contributed by atoms with van der Waals surface area (Å²) in [5.41, 5.74) is 3.19. The van der Waals surface area contributed by atoms with Crippen molar-refractivity contribution in [1.29, 1.82) is 0 Å². The summed E-state index contributed by atoms with van der Waals surface area (Å²) in [6.07, 6.45) is 0.359. The van der Waals surface area contributed by atoms with E-state index >= 15 is 0 Å².